The summed E-state index contributed by atoms with van der Waals surface area (Å²) in [6.07, 6.45) is 7.06. The van der Waals surface area contributed by atoms with Crippen LogP contribution in [0.15, 0.2) is 42.7 Å². The van der Waals surface area contributed by atoms with Gasteiger partial charge in [0.2, 0.25) is 0 Å². The normalized spacial score (nSPS) is 24.1. The maximum Gasteiger partial charge on any atom is 0.106 e. The molecular formula is C24H29N3O. The van der Waals surface area contributed by atoms with Gasteiger partial charge < -0.3 is 9.67 Å². The van der Waals surface area contributed by atoms with Crippen LogP contribution in [0.3, 0.4) is 0 Å². The van der Waals surface area contributed by atoms with Gasteiger partial charge in [0.15, 0.2) is 0 Å². The second-order valence-electron chi connectivity index (χ2n) is 9.06. The van der Waals surface area contributed by atoms with Crippen molar-refractivity contribution in [2.45, 2.75) is 57.7 Å². The molecule has 2 aromatic heterocycles. The average molecular weight is 376 g/mol. The summed E-state index contributed by atoms with van der Waals surface area (Å²) < 4.78 is 2.39. The summed E-state index contributed by atoms with van der Waals surface area (Å²) in [5.74, 6) is 0. The lowest BCUT2D eigenvalue weighted by Gasteiger charge is -2.41. The lowest BCUT2D eigenvalue weighted by atomic mass is 9.83. The molecule has 2 aliphatic rings. The van der Waals surface area contributed by atoms with Gasteiger partial charge in [-0.25, -0.2) is 0 Å². The van der Waals surface area contributed by atoms with Gasteiger partial charge in [0.1, 0.15) is 5.60 Å². The molecule has 0 aliphatic carbocycles. The number of benzene rings is 1. The van der Waals surface area contributed by atoms with Crippen molar-refractivity contribution in [3.8, 4) is 0 Å². The fourth-order valence-corrected chi connectivity index (χ4v) is 5.54. The maximum absolute atomic E-state index is 11.4. The summed E-state index contributed by atoms with van der Waals surface area (Å²) in [6, 6.07) is 10.6. The summed E-state index contributed by atoms with van der Waals surface area (Å²) in [4.78, 5) is 6.89. The molecule has 0 spiro atoms. The third kappa shape index (κ3) is 2.55. The molecule has 2 atom stereocenters. The Morgan fingerprint density at radius 2 is 2.11 bits per heavy atom. The van der Waals surface area contributed by atoms with E-state index in [1.54, 1.807) is 12.4 Å². The number of rotatable bonds is 3. The molecule has 0 saturated carbocycles. The number of hydrogen-bond donors (Lipinski definition) is 1. The van der Waals surface area contributed by atoms with E-state index in [1.807, 2.05) is 19.1 Å². The zero-order valence-corrected chi connectivity index (χ0v) is 17.1. The van der Waals surface area contributed by atoms with Gasteiger partial charge in [0, 0.05) is 58.6 Å². The fourth-order valence-electron chi connectivity index (χ4n) is 5.54. The predicted molar refractivity (Wildman–Crippen MR) is 112 cm³/mol. The summed E-state index contributed by atoms with van der Waals surface area (Å²) in [6.45, 7) is 9.35. The summed E-state index contributed by atoms with van der Waals surface area (Å²) in [5, 5.41) is 12.7. The van der Waals surface area contributed by atoms with Crippen molar-refractivity contribution in [1.29, 1.82) is 0 Å². The molecule has 2 aliphatic heterocycles. The average Bonchev–Trinajstić information content (AvgIpc) is 3.20. The Morgan fingerprint density at radius 1 is 1.25 bits per heavy atom. The third-order valence-corrected chi connectivity index (χ3v) is 7.02. The molecule has 0 bridgehead atoms. The van der Waals surface area contributed by atoms with Crippen molar-refractivity contribution in [2.75, 3.05) is 13.1 Å². The molecule has 146 valence electrons. The highest BCUT2D eigenvalue weighted by molar-refractivity contribution is 5.88. The topological polar surface area (TPSA) is 41.3 Å². The number of aryl methyl sites for hydroxylation is 1. The van der Waals surface area contributed by atoms with E-state index in [0.29, 0.717) is 6.54 Å². The van der Waals surface area contributed by atoms with Crippen LogP contribution in [0, 0.1) is 6.92 Å². The number of nitrogens with zero attached hydrogens (tertiary/aromatic N) is 3. The Morgan fingerprint density at radius 3 is 2.89 bits per heavy atom. The summed E-state index contributed by atoms with van der Waals surface area (Å²) in [5.41, 5.74) is 5.46. The van der Waals surface area contributed by atoms with Crippen molar-refractivity contribution < 1.29 is 5.11 Å². The minimum Gasteiger partial charge on any atom is -0.384 e. The van der Waals surface area contributed by atoms with Gasteiger partial charge in [-0.1, -0.05) is 17.7 Å². The van der Waals surface area contributed by atoms with E-state index in [-0.39, 0.29) is 5.54 Å². The van der Waals surface area contributed by atoms with Crippen LogP contribution in [0.4, 0.5) is 0 Å². The second-order valence-corrected chi connectivity index (χ2v) is 9.06. The van der Waals surface area contributed by atoms with Gasteiger partial charge in [-0.3, -0.25) is 9.88 Å². The van der Waals surface area contributed by atoms with Crippen LogP contribution in [0.2, 0.25) is 0 Å². The Bertz CT molecular complexity index is 1040. The molecule has 5 rings (SSSR count). The number of pyridine rings is 1. The molecule has 4 heterocycles. The molecule has 0 radical (unpaired) electrons. The lowest BCUT2D eigenvalue weighted by Crippen LogP contribution is -2.44. The van der Waals surface area contributed by atoms with E-state index in [9.17, 15) is 5.11 Å². The van der Waals surface area contributed by atoms with Gasteiger partial charge in [0.05, 0.1) is 6.54 Å². The Hall–Kier alpha value is -2.17. The molecule has 1 saturated heterocycles. The molecule has 3 aromatic rings. The molecule has 4 heteroatoms. The quantitative estimate of drug-likeness (QED) is 0.749. The molecule has 0 amide bonds. The third-order valence-electron chi connectivity index (χ3n) is 7.02. The smallest absolute Gasteiger partial charge is 0.106 e. The lowest BCUT2D eigenvalue weighted by molar-refractivity contribution is 0.0374. The first-order valence-corrected chi connectivity index (χ1v) is 10.4. The van der Waals surface area contributed by atoms with Crippen LogP contribution in [-0.4, -0.2) is 32.6 Å². The zero-order chi connectivity index (χ0) is 19.5. The highest BCUT2D eigenvalue weighted by Gasteiger charge is 2.45. The minimum atomic E-state index is -0.966. The van der Waals surface area contributed by atoms with Gasteiger partial charge in [-0.15, -0.1) is 0 Å². The van der Waals surface area contributed by atoms with E-state index in [0.717, 1.165) is 18.5 Å². The standard InChI is InChI=1S/C24H29N3O/c1-17-7-8-20-19(14-17)22-21(9-13-26-12-5-10-23(22,26)2)27(20)16-24(3,28)18-6-4-11-25-15-18/h4,6-8,11,14-15,28H,5,9-10,12-13,16H2,1-3H3. The number of fused-ring (bicyclic) bond motifs is 5. The van der Waals surface area contributed by atoms with Crippen molar-refractivity contribution >= 4 is 10.9 Å². The van der Waals surface area contributed by atoms with Crippen molar-refractivity contribution in [3.63, 3.8) is 0 Å². The molecule has 1 N–H and O–H groups in total. The molecule has 4 nitrogen and oxygen atoms in total. The second kappa shape index (κ2) is 6.16. The van der Waals surface area contributed by atoms with Gasteiger partial charge in [-0.2, -0.15) is 0 Å². The number of aromatic nitrogens is 2. The Labute approximate surface area is 166 Å². The van der Waals surface area contributed by atoms with Crippen LogP contribution in [0.25, 0.3) is 10.9 Å². The first-order valence-electron chi connectivity index (χ1n) is 10.4. The molecular weight excluding hydrogens is 346 g/mol. The summed E-state index contributed by atoms with van der Waals surface area (Å²) in [7, 11) is 0. The van der Waals surface area contributed by atoms with Crippen LogP contribution >= 0.6 is 0 Å². The van der Waals surface area contributed by atoms with E-state index >= 15 is 0 Å². The van der Waals surface area contributed by atoms with E-state index in [2.05, 4.69) is 46.5 Å². The maximum atomic E-state index is 11.4. The van der Waals surface area contributed by atoms with Gasteiger partial charge in [-0.05, 0) is 58.4 Å². The largest absolute Gasteiger partial charge is 0.384 e. The van der Waals surface area contributed by atoms with E-state index in [4.69, 9.17) is 0 Å². The number of hydrogen-bond acceptors (Lipinski definition) is 3. The van der Waals surface area contributed by atoms with Crippen molar-refractivity contribution in [1.82, 2.24) is 14.5 Å². The fraction of sp³-hybridized carbons (Fsp3) is 0.458. The molecule has 28 heavy (non-hydrogen) atoms. The first kappa shape index (κ1) is 17.9. The minimum absolute atomic E-state index is 0.116. The van der Waals surface area contributed by atoms with Crippen LogP contribution in [0.5, 0.6) is 0 Å². The summed E-state index contributed by atoms with van der Waals surface area (Å²) >= 11 is 0. The van der Waals surface area contributed by atoms with Crippen LogP contribution < -0.4 is 0 Å². The Kier molecular flexibility index (Phi) is 3.94. The van der Waals surface area contributed by atoms with E-state index < -0.39 is 5.60 Å². The first-order chi connectivity index (χ1) is 13.4. The Balaban J connectivity index is 1.71. The SMILES string of the molecule is Cc1ccc2c(c1)c1c(n2CC(C)(O)c2cccnc2)CCN2CCCC12C. The van der Waals surface area contributed by atoms with Gasteiger partial charge in [0.25, 0.3) is 0 Å². The van der Waals surface area contributed by atoms with E-state index in [1.165, 1.54) is 47.1 Å². The molecule has 2 unspecified atom stereocenters. The zero-order valence-electron chi connectivity index (χ0n) is 17.1. The van der Waals surface area contributed by atoms with Crippen molar-refractivity contribution in [3.05, 3.63) is 65.1 Å². The van der Waals surface area contributed by atoms with Crippen LogP contribution in [-0.2, 0) is 24.1 Å². The highest BCUT2D eigenvalue weighted by atomic mass is 16.3. The highest BCUT2D eigenvalue weighted by Crippen LogP contribution is 2.48. The van der Waals surface area contributed by atoms with Crippen LogP contribution in [0.1, 0.15) is 49.1 Å². The monoisotopic (exact) mass is 375 g/mol. The molecule has 1 aromatic carbocycles. The number of aliphatic hydroxyl groups is 1. The predicted octanol–water partition coefficient (Wildman–Crippen LogP) is 4.12. The van der Waals surface area contributed by atoms with Crippen molar-refractivity contribution in [2.24, 2.45) is 0 Å². The molecule has 1 fully saturated rings. The van der Waals surface area contributed by atoms with Gasteiger partial charge >= 0.3 is 0 Å².